The molecular formula is C15H9InNO9. The van der Waals surface area contributed by atoms with Gasteiger partial charge in [-0.05, 0) is 0 Å². The van der Waals surface area contributed by atoms with E-state index in [0.717, 1.165) is 34.1 Å². The maximum atomic E-state index is 11.8. The first-order valence-electron chi connectivity index (χ1n) is 6.98. The Labute approximate surface area is 156 Å². The number of nitrogens with zero attached hydrogens (tertiary/aromatic N) is 1. The van der Waals surface area contributed by atoms with E-state index in [4.69, 9.17) is 25.8 Å². The van der Waals surface area contributed by atoms with Gasteiger partial charge in [-0.2, -0.15) is 0 Å². The molecule has 0 N–H and O–H groups in total. The topological polar surface area (TPSA) is 122 Å². The summed E-state index contributed by atoms with van der Waals surface area (Å²) in [6.07, 6.45) is 6.81. The van der Waals surface area contributed by atoms with E-state index in [2.05, 4.69) is 0 Å². The van der Waals surface area contributed by atoms with Crippen LogP contribution >= 0.6 is 0 Å². The van der Waals surface area contributed by atoms with Crippen LogP contribution in [0.25, 0.3) is 0 Å². The zero-order chi connectivity index (χ0) is 18.4. The Morgan fingerprint density at radius 2 is 1.12 bits per heavy atom. The molecule has 1 radical (unpaired) electrons. The fourth-order valence-electron chi connectivity index (χ4n) is 1.60. The van der Waals surface area contributed by atoms with Gasteiger partial charge in [-0.15, -0.1) is 0 Å². The van der Waals surface area contributed by atoms with Gasteiger partial charge >= 0.3 is 156 Å². The Balaban J connectivity index is 1.81. The molecule has 0 saturated carbocycles. The first-order chi connectivity index (χ1) is 12.6. The third-order valence-electron chi connectivity index (χ3n) is 2.79. The predicted octanol–water partition coefficient (Wildman–Crippen LogP) is 0.749. The van der Waals surface area contributed by atoms with Crippen LogP contribution in [-0.2, 0) is 0 Å². The molecule has 3 heterocycles. The fraction of sp³-hybridized carbons (Fsp3) is 0. The van der Waals surface area contributed by atoms with E-state index in [-0.39, 0.29) is 17.2 Å². The van der Waals surface area contributed by atoms with Crippen LogP contribution < -0.4 is 28.8 Å². The van der Waals surface area contributed by atoms with E-state index in [0.29, 0.717) is 0 Å². The molecule has 0 atom stereocenters. The van der Waals surface area contributed by atoms with Gasteiger partial charge in [0.05, 0.1) is 0 Å². The molecule has 0 spiro atoms. The molecule has 10 nitrogen and oxygen atoms in total. The van der Waals surface area contributed by atoms with Gasteiger partial charge in [-0.25, -0.2) is 0 Å². The Kier molecular flexibility index (Phi) is 5.81. The van der Waals surface area contributed by atoms with Crippen LogP contribution in [-0.4, -0.2) is 26.8 Å². The second-order valence-corrected chi connectivity index (χ2v) is 7.02. The van der Waals surface area contributed by atoms with Crippen molar-refractivity contribution in [3.05, 3.63) is 86.4 Å². The third kappa shape index (κ3) is 4.58. The third-order valence-corrected chi connectivity index (χ3v) is 4.91. The molecule has 0 amide bonds. The summed E-state index contributed by atoms with van der Waals surface area (Å²) in [5.74, 6) is -0.434. The number of rotatable bonds is 7. The van der Waals surface area contributed by atoms with Gasteiger partial charge in [0.15, 0.2) is 0 Å². The van der Waals surface area contributed by atoms with E-state index in [1.165, 1.54) is 24.9 Å². The van der Waals surface area contributed by atoms with Crippen LogP contribution in [0.4, 0.5) is 0 Å². The van der Waals surface area contributed by atoms with Gasteiger partial charge < -0.3 is 0 Å². The van der Waals surface area contributed by atoms with E-state index in [1.54, 1.807) is 0 Å². The normalized spacial score (nSPS) is 10.3. The number of hydrogen-bond acceptors (Lipinski definition) is 10. The summed E-state index contributed by atoms with van der Waals surface area (Å²) in [5, 5.41) is 0. The average Bonchev–Trinajstić information content (AvgIpc) is 2.64. The molecule has 0 aliphatic rings. The van der Waals surface area contributed by atoms with E-state index < -0.39 is 39.9 Å². The molecule has 3 rings (SSSR count). The zero-order valence-electron chi connectivity index (χ0n) is 12.9. The first-order valence-corrected chi connectivity index (χ1v) is 9.80. The van der Waals surface area contributed by atoms with Crippen molar-refractivity contribution >= 4 is 23.6 Å². The van der Waals surface area contributed by atoms with Gasteiger partial charge in [0.25, 0.3) is 0 Å². The maximum absolute atomic E-state index is 11.8. The molecule has 11 heteroatoms. The molecule has 0 bridgehead atoms. The molecule has 0 saturated heterocycles. The summed E-state index contributed by atoms with van der Waals surface area (Å²) in [6, 6.07) is 3.47. The van der Waals surface area contributed by atoms with E-state index in [9.17, 15) is 14.4 Å². The molecule has 131 valence electrons. The fourth-order valence-corrected chi connectivity index (χ4v) is 3.56. The Morgan fingerprint density at radius 1 is 0.692 bits per heavy atom. The summed E-state index contributed by atoms with van der Waals surface area (Å²) >= 11 is -2.48. The number of hydrogen-bond donors (Lipinski definition) is 0. The second-order valence-electron chi connectivity index (χ2n) is 4.55. The van der Waals surface area contributed by atoms with Crippen LogP contribution in [0.1, 0.15) is 0 Å². The van der Waals surface area contributed by atoms with Crippen LogP contribution in [0.2, 0.25) is 0 Å². The van der Waals surface area contributed by atoms with Crippen molar-refractivity contribution in [2.24, 2.45) is 0 Å². The van der Waals surface area contributed by atoms with Crippen molar-refractivity contribution in [2.75, 3.05) is 0 Å². The Bertz CT molecular complexity index is 986. The van der Waals surface area contributed by atoms with Crippen molar-refractivity contribution in [1.82, 2.24) is 3.21 Å². The van der Waals surface area contributed by atoms with Crippen molar-refractivity contribution < 1.29 is 25.8 Å². The van der Waals surface area contributed by atoms with Crippen molar-refractivity contribution in [3.8, 4) is 17.2 Å². The summed E-state index contributed by atoms with van der Waals surface area (Å²) in [6.45, 7) is 0. The standard InChI is InChI=1S/C10H6NO6.C5H4O3.In/c12-7-1-3-14-5-9(7)16-11-17-10-6-15-4-2-8(10)13;6-4-1-2-8-3-5(4)7;/h1-6H;1-3,7H;/q-1;;+2/p-1. The Hall–Kier alpha value is -2.92. The molecule has 0 aliphatic carbocycles. The SMILES string of the molecule is O=c1ccocc1[O][In][N](Oc1coccc1=O)Oc1coccc1=O. The summed E-state index contributed by atoms with van der Waals surface area (Å²) in [5.41, 5.74) is -1.36. The van der Waals surface area contributed by atoms with Crippen LogP contribution in [0.5, 0.6) is 17.2 Å². The Morgan fingerprint density at radius 3 is 1.54 bits per heavy atom. The summed E-state index contributed by atoms with van der Waals surface area (Å²) in [7, 11) is 0. The molecule has 3 aromatic rings. The average molecular weight is 462 g/mol. The van der Waals surface area contributed by atoms with E-state index in [1.807, 2.05) is 0 Å². The van der Waals surface area contributed by atoms with Gasteiger partial charge in [-0.3, -0.25) is 0 Å². The summed E-state index contributed by atoms with van der Waals surface area (Å²) in [4.78, 5) is 45.8. The summed E-state index contributed by atoms with van der Waals surface area (Å²) < 4.78 is 20.9. The zero-order valence-corrected chi connectivity index (χ0v) is 16.2. The minimum atomic E-state index is -2.48. The van der Waals surface area contributed by atoms with Crippen molar-refractivity contribution in [2.45, 2.75) is 0 Å². The van der Waals surface area contributed by atoms with Crippen molar-refractivity contribution in [3.63, 3.8) is 0 Å². The van der Waals surface area contributed by atoms with Gasteiger partial charge in [0.1, 0.15) is 0 Å². The first kappa shape index (κ1) is 17.9. The van der Waals surface area contributed by atoms with Gasteiger partial charge in [-0.1, -0.05) is 0 Å². The molecule has 0 aromatic carbocycles. The monoisotopic (exact) mass is 462 g/mol. The molecular weight excluding hydrogens is 453 g/mol. The molecule has 0 aliphatic heterocycles. The van der Waals surface area contributed by atoms with Crippen LogP contribution in [0.3, 0.4) is 0 Å². The van der Waals surface area contributed by atoms with Crippen LogP contribution in [0, 0.1) is 0 Å². The van der Waals surface area contributed by atoms with E-state index >= 15 is 0 Å². The molecule has 26 heavy (non-hydrogen) atoms. The molecule has 0 unspecified atom stereocenters. The second kappa shape index (κ2) is 8.45. The molecule has 0 fully saturated rings. The predicted molar refractivity (Wildman–Crippen MR) is 84.4 cm³/mol. The van der Waals surface area contributed by atoms with Gasteiger partial charge in [0, 0.05) is 0 Å². The van der Waals surface area contributed by atoms with Gasteiger partial charge in [0.2, 0.25) is 0 Å². The van der Waals surface area contributed by atoms with Crippen molar-refractivity contribution in [1.29, 1.82) is 0 Å². The molecule has 3 aromatic heterocycles. The van der Waals surface area contributed by atoms with Crippen LogP contribution in [0.15, 0.2) is 83.4 Å². The minimum absolute atomic E-state index is 0.0499. The quantitative estimate of drug-likeness (QED) is 0.465.